The first-order valence-corrected chi connectivity index (χ1v) is 8.84. The molecule has 0 bridgehead atoms. The van der Waals surface area contributed by atoms with E-state index in [9.17, 15) is 9.59 Å². The van der Waals surface area contributed by atoms with Crippen LogP contribution in [0.1, 0.15) is 34.5 Å². The predicted octanol–water partition coefficient (Wildman–Crippen LogP) is 0.991. The van der Waals surface area contributed by atoms with E-state index < -0.39 is 0 Å². The van der Waals surface area contributed by atoms with Crippen molar-refractivity contribution in [2.75, 3.05) is 19.7 Å². The van der Waals surface area contributed by atoms with Gasteiger partial charge < -0.3 is 14.6 Å². The molecule has 0 spiro atoms. The van der Waals surface area contributed by atoms with Gasteiger partial charge in [-0.25, -0.2) is 0 Å². The van der Waals surface area contributed by atoms with Crippen molar-refractivity contribution in [2.24, 2.45) is 0 Å². The topological polar surface area (TPSA) is 80.2 Å². The molecule has 2 aromatic rings. The van der Waals surface area contributed by atoms with Crippen molar-refractivity contribution in [2.45, 2.75) is 38.3 Å². The molecule has 1 aliphatic carbocycles. The van der Waals surface area contributed by atoms with Crippen LogP contribution in [0.5, 0.6) is 0 Å². The van der Waals surface area contributed by atoms with Crippen LogP contribution in [0.3, 0.4) is 0 Å². The number of nitrogens with zero attached hydrogens (tertiary/aromatic N) is 3. The smallest absolute Gasteiger partial charge is 0.261 e. The lowest BCUT2D eigenvalue weighted by Gasteiger charge is -2.24. The molecular weight excluding hydrogens is 320 g/mol. The SMILES string of the molecule is O=C(c1cc2c([nH]c1=O)CCC2)N1CCCOC(Cn2cccn2)C1. The van der Waals surface area contributed by atoms with Crippen LogP contribution in [0.25, 0.3) is 0 Å². The number of nitrogens with one attached hydrogen (secondary N) is 1. The standard InChI is InChI=1S/C18H22N4O3/c23-17-15(10-13-4-1-5-16(13)20-17)18(24)21-7-3-9-25-14(11-21)12-22-8-2-6-19-22/h2,6,8,10,14H,1,3-5,7,9,11-12H2,(H,20,23). The molecule has 1 amide bonds. The van der Waals surface area contributed by atoms with Crippen molar-refractivity contribution in [3.8, 4) is 0 Å². The Morgan fingerprint density at radius 2 is 2.28 bits per heavy atom. The van der Waals surface area contributed by atoms with Crippen molar-refractivity contribution in [1.29, 1.82) is 0 Å². The Labute approximate surface area is 145 Å². The third kappa shape index (κ3) is 3.37. The lowest BCUT2D eigenvalue weighted by atomic mass is 10.1. The number of ether oxygens (including phenoxy) is 1. The van der Waals surface area contributed by atoms with Gasteiger partial charge in [0.05, 0.1) is 12.6 Å². The van der Waals surface area contributed by atoms with Gasteiger partial charge in [-0.05, 0) is 43.4 Å². The molecule has 25 heavy (non-hydrogen) atoms. The highest BCUT2D eigenvalue weighted by Gasteiger charge is 2.26. The minimum atomic E-state index is -0.278. The van der Waals surface area contributed by atoms with Gasteiger partial charge in [0.1, 0.15) is 5.56 Å². The molecule has 1 atom stereocenters. The molecule has 2 aliphatic rings. The number of fused-ring (bicyclic) bond motifs is 1. The van der Waals surface area contributed by atoms with Gasteiger partial charge in [0.2, 0.25) is 0 Å². The second-order valence-corrected chi connectivity index (χ2v) is 6.70. The van der Waals surface area contributed by atoms with E-state index in [4.69, 9.17) is 4.74 Å². The Morgan fingerprint density at radius 1 is 1.36 bits per heavy atom. The quantitative estimate of drug-likeness (QED) is 0.902. The van der Waals surface area contributed by atoms with Crippen LogP contribution in [-0.4, -0.2) is 51.4 Å². The van der Waals surface area contributed by atoms with E-state index in [0.717, 1.165) is 36.9 Å². The minimum Gasteiger partial charge on any atom is -0.374 e. The van der Waals surface area contributed by atoms with E-state index in [2.05, 4.69) is 10.1 Å². The number of hydrogen-bond donors (Lipinski definition) is 1. The van der Waals surface area contributed by atoms with Crippen molar-refractivity contribution in [3.63, 3.8) is 0 Å². The van der Waals surface area contributed by atoms with Gasteiger partial charge in [0.15, 0.2) is 0 Å². The number of carbonyl (C=O) groups is 1. The minimum absolute atomic E-state index is 0.125. The maximum absolute atomic E-state index is 12.9. The summed E-state index contributed by atoms with van der Waals surface area (Å²) in [6, 6.07) is 3.65. The van der Waals surface area contributed by atoms with Gasteiger partial charge >= 0.3 is 0 Å². The summed E-state index contributed by atoms with van der Waals surface area (Å²) in [6.45, 7) is 2.27. The van der Waals surface area contributed by atoms with E-state index >= 15 is 0 Å². The zero-order chi connectivity index (χ0) is 17.2. The maximum Gasteiger partial charge on any atom is 0.261 e. The average Bonchev–Trinajstić information content (AvgIpc) is 3.21. The fourth-order valence-electron chi connectivity index (χ4n) is 3.65. The number of hydrogen-bond acceptors (Lipinski definition) is 4. The molecule has 1 saturated heterocycles. The molecule has 0 saturated carbocycles. The molecule has 0 aromatic carbocycles. The Hall–Kier alpha value is -2.41. The average molecular weight is 342 g/mol. The predicted molar refractivity (Wildman–Crippen MR) is 91.6 cm³/mol. The number of carbonyl (C=O) groups excluding carboxylic acids is 1. The Balaban J connectivity index is 1.53. The molecule has 1 unspecified atom stereocenters. The molecule has 1 fully saturated rings. The highest BCUT2D eigenvalue weighted by Crippen LogP contribution is 2.20. The Kier molecular flexibility index (Phi) is 4.40. The van der Waals surface area contributed by atoms with E-state index in [1.807, 2.05) is 12.3 Å². The number of pyridine rings is 1. The van der Waals surface area contributed by atoms with Crippen LogP contribution in [-0.2, 0) is 24.1 Å². The fraction of sp³-hybridized carbons (Fsp3) is 0.500. The third-order valence-corrected chi connectivity index (χ3v) is 4.91. The molecule has 1 N–H and O–H groups in total. The van der Waals surface area contributed by atoms with E-state index in [-0.39, 0.29) is 23.1 Å². The van der Waals surface area contributed by atoms with Crippen molar-refractivity contribution in [3.05, 3.63) is 51.7 Å². The number of rotatable bonds is 3. The van der Waals surface area contributed by atoms with Gasteiger partial charge in [-0.3, -0.25) is 14.3 Å². The molecule has 7 heteroatoms. The summed E-state index contributed by atoms with van der Waals surface area (Å²) in [5.74, 6) is -0.202. The lowest BCUT2D eigenvalue weighted by molar-refractivity contribution is 0.0367. The van der Waals surface area contributed by atoms with Crippen LogP contribution in [0, 0.1) is 0 Å². The summed E-state index contributed by atoms with van der Waals surface area (Å²) < 4.78 is 7.66. The van der Waals surface area contributed by atoms with Crippen LogP contribution in [0.15, 0.2) is 29.3 Å². The summed E-state index contributed by atoms with van der Waals surface area (Å²) in [6.07, 6.45) is 7.10. The fourth-order valence-corrected chi connectivity index (χ4v) is 3.65. The largest absolute Gasteiger partial charge is 0.374 e. The molecule has 7 nitrogen and oxygen atoms in total. The summed E-state index contributed by atoms with van der Waals surface area (Å²) in [4.78, 5) is 29.9. The molecule has 1 aliphatic heterocycles. The molecule has 4 rings (SSSR count). The number of aromatic nitrogens is 3. The summed E-state index contributed by atoms with van der Waals surface area (Å²) in [5, 5.41) is 4.20. The highest BCUT2D eigenvalue weighted by molar-refractivity contribution is 5.94. The van der Waals surface area contributed by atoms with Crippen LogP contribution in [0.4, 0.5) is 0 Å². The molecule has 0 radical (unpaired) electrons. The molecule has 2 aromatic heterocycles. The first-order valence-electron chi connectivity index (χ1n) is 8.84. The zero-order valence-electron chi connectivity index (χ0n) is 14.1. The number of H-pyrrole nitrogens is 1. The lowest BCUT2D eigenvalue weighted by Crippen LogP contribution is -2.40. The van der Waals surface area contributed by atoms with Crippen molar-refractivity contribution in [1.82, 2.24) is 19.7 Å². The first-order chi connectivity index (χ1) is 12.2. The molecule has 132 valence electrons. The van der Waals surface area contributed by atoms with Crippen LogP contribution < -0.4 is 5.56 Å². The first kappa shape index (κ1) is 16.1. The van der Waals surface area contributed by atoms with Crippen molar-refractivity contribution >= 4 is 5.91 Å². The van der Waals surface area contributed by atoms with Crippen LogP contribution >= 0.6 is 0 Å². The Bertz CT molecular complexity index is 812. The summed E-state index contributed by atoms with van der Waals surface area (Å²) in [7, 11) is 0. The van der Waals surface area contributed by atoms with Gasteiger partial charge in [0, 0.05) is 37.8 Å². The number of aryl methyl sites for hydroxylation is 2. The molecular formula is C18H22N4O3. The molecule has 3 heterocycles. The van der Waals surface area contributed by atoms with Gasteiger partial charge in [-0.15, -0.1) is 0 Å². The maximum atomic E-state index is 12.9. The summed E-state index contributed by atoms with van der Waals surface area (Å²) in [5.41, 5.74) is 2.05. The van der Waals surface area contributed by atoms with Gasteiger partial charge in [-0.1, -0.05) is 0 Å². The number of amides is 1. The van der Waals surface area contributed by atoms with E-state index in [0.29, 0.717) is 26.2 Å². The zero-order valence-corrected chi connectivity index (χ0v) is 14.1. The highest BCUT2D eigenvalue weighted by atomic mass is 16.5. The van der Waals surface area contributed by atoms with Gasteiger partial charge in [-0.2, -0.15) is 5.10 Å². The van der Waals surface area contributed by atoms with Gasteiger partial charge in [0.25, 0.3) is 11.5 Å². The Morgan fingerprint density at radius 3 is 3.12 bits per heavy atom. The van der Waals surface area contributed by atoms with E-state index in [1.54, 1.807) is 21.8 Å². The third-order valence-electron chi connectivity index (χ3n) is 4.91. The second kappa shape index (κ2) is 6.84. The number of aromatic amines is 1. The van der Waals surface area contributed by atoms with E-state index in [1.165, 1.54) is 0 Å². The second-order valence-electron chi connectivity index (χ2n) is 6.70. The monoisotopic (exact) mass is 342 g/mol. The van der Waals surface area contributed by atoms with Crippen LogP contribution in [0.2, 0.25) is 0 Å². The summed E-state index contributed by atoms with van der Waals surface area (Å²) >= 11 is 0. The van der Waals surface area contributed by atoms with Crippen molar-refractivity contribution < 1.29 is 9.53 Å². The normalized spacial score (nSPS) is 20.3.